The molecule has 0 spiro atoms. The van der Waals surface area contributed by atoms with Crippen molar-refractivity contribution in [3.05, 3.63) is 170 Å². The molecule has 0 bridgehead atoms. The molecule has 11 aromatic rings. The fourth-order valence-corrected chi connectivity index (χ4v) is 8.17. The molecular weight excluding hydrogens is 653 g/mol. The second-order valence-electron chi connectivity index (χ2n) is 12.4. The first-order valence-corrected chi connectivity index (χ1v) is 17.2. The Morgan fingerprint density at radius 3 is 2.12 bits per heavy atom. The van der Waals surface area contributed by atoms with Crippen molar-refractivity contribution >= 4 is 75.1 Å². The number of nitrogens with zero attached hydrogens (tertiary/aromatic N) is 2. The Hall–Kier alpha value is -6.62. The minimum atomic E-state index is -0.715. The van der Waals surface area contributed by atoms with Gasteiger partial charge in [-0.25, -0.2) is 9.97 Å². The lowest BCUT2D eigenvalue weighted by molar-refractivity contribution is 0.667. The summed E-state index contributed by atoms with van der Waals surface area (Å²) >= 11 is 1.58. The zero-order chi connectivity index (χ0) is 45.5. The van der Waals surface area contributed by atoms with Gasteiger partial charge in [0.25, 0.3) is 0 Å². The maximum atomic E-state index is 9.37. The molecule has 11 rings (SSSR count). The molecule has 0 atom stereocenters. The standard InChI is InChI=1S/C48H28N2OS/c1-2-10-29(11-3-1)31-18-21-32(22-19-31)44-46-45(37-14-6-8-16-41(37)51-46)50-48(49-44)40-28-36-25-24-35(34-23-20-30-12-4-5-13-33(30)26-34)27-39(36)47-43(40)38-15-7-9-17-42(38)52-47/h1-28H/i1D,2D,3D,6D,8D,10D,11D,14D,16D,18D,19D,21D,22D. The van der Waals surface area contributed by atoms with E-state index in [1.54, 1.807) is 11.3 Å². The van der Waals surface area contributed by atoms with Crippen molar-refractivity contribution in [2.24, 2.45) is 0 Å². The summed E-state index contributed by atoms with van der Waals surface area (Å²) in [7, 11) is 0. The summed E-state index contributed by atoms with van der Waals surface area (Å²) in [6, 6.07) is 22.2. The normalized spacial score (nSPS) is 15.3. The van der Waals surface area contributed by atoms with Crippen molar-refractivity contribution in [2.45, 2.75) is 0 Å². The van der Waals surface area contributed by atoms with E-state index in [2.05, 4.69) is 36.4 Å². The predicted octanol–water partition coefficient (Wildman–Crippen LogP) is 13.7. The number of furan rings is 1. The number of hydrogen-bond acceptors (Lipinski definition) is 4. The Kier molecular flexibility index (Phi) is 4.21. The Labute approximate surface area is 321 Å². The number of thiophene rings is 1. The van der Waals surface area contributed by atoms with Crippen LogP contribution in [0, 0.1) is 0 Å². The fourth-order valence-electron chi connectivity index (χ4n) is 6.92. The minimum absolute atomic E-state index is 0.0447. The summed E-state index contributed by atoms with van der Waals surface area (Å²) < 4.78 is 122. The highest BCUT2D eigenvalue weighted by Gasteiger charge is 2.22. The van der Waals surface area contributed by atoms with Gasteiger partial charge in [-0.1, -0.05) is 133 Å². The third kappa shape index (κ3) is 4.58. The quantitative estimate of drug-likeness (QED) is 0.184. The van der Waals surface area contributed by atoms with Gasteiger partial charge in [-0.3, -0.25) is 0 Å². The van der Waals surface area contributed by atoms with E-state index in [1.165, 1.54) is 0 Å². The first kappa shape index (κ1) is 19.1. The van der Waals surface area contributed by atoms with Crippen molar-refractivity contribution < 1.29 is 22.2 Å². The van der Waals surface area contributed by atoms with Crippen LogP contribution in [-0.2, 0) is 0 Å². The van der Waals surface area contributed by atoms with Crippen LogP contribution in [0.1, 0.15) is 17.8 Å². The molecule has 8 aromatic carbocycles. The Bertz CT molecular complexity index is 3900. The lowest BCUT2D eigenvalue weighted by atomic mass is 9.95. The highest BCUT2D eigenvalue weighted by Crippen LogP contribution is 2.46. The summed E-state index contributed by atoms with van der Waals surface area (Å²) in [6.07, 6.45) is 0. The number of benzene rings is 8. The first-order valence-electron chi connectivity index (χ1n) is 22.9. The van der Waals surface area contributed by atoms with Crippen LogP contribution in [0.2, 0.25) is 0 Å². The average Bonchev–Trinajstić information content (AvgIpc) is 3.91. The Balaban J connectivity index is 1.24. The van der Waals surface area contributed by atoms with Gasteiger partial charge >= 0.3 is 0 Å². The summed E-state index contributed by atoms with van der Waals surface area (Å²) in [5, 5.41) is 5.63. The molecule has 0 aliphatic heterocycles. The van der Waals surface area contributed by atoms with Gasteiger partial charge in [-0.2, -0.15) is 0 Å². The molecule has 3 heterocycles. The predicted molar refractivity (Wildman–Crippen MR) is 219 cm³/mol. The summed E-state index contributed by atoms with van der Waals surface area (Å²) in [5.74, 6) is 0.0447. The average molecular weight is 694 g/mol. The fraction of sp³-hybridized carbons (Fsp3) is 0. The molecule has 0 saturated carbocycles. The van der Waals surface area contributed by atoms with Gasteiger partial charge in [0.05, 0.1) is 17.8 Å². The van der Waals surface area contributed by atoms with Crippen LogP contribution in [-0.4, -0.2) is 9.97 Å². The van der Waals surface area contributed by atoms with E-state index in [9.17, 15) is 5.48 Å². The van der Waals surface area contributed by atoms with Gasteiger partial charge < -0.3 is 4.42 Å². The summed E-state index contributed by atoms with van der Waals surface area (Å²) in [6.45, 7) is 0. The molecule has 0 fully saturated rings. The third-order valence-corrected chi connectivity index (χ3v) is 10.6. The minimum Gasteiger partial charge on any atom is -0.452 e. The van der Waals surface area contributed by atoms with E-state index in [0.29, 0.717) is 5.56 Å². The van der Waals surface area contributed by atoms with Crippen molar-refractivity contribution in [3.63, 3.8) is 0 Å². The third-order valence-electron chi connectivity index (χ3n) is 9.36. The van der Waals surface area contributed by atoms with Crippen LogP contribution in [0.25, 0.3) is 109 Å². The van der Waals surface area contributed by atoms with Crippen LogP contribution >= 0.6 is 11.3 Å². The topological polar surface area (TPSA) is 38.9 Å². The Morgan fingerprint density at radius 2 is 1.23 bits per heavy atom. The van der Waals surface area contributed by atoms with Gasteiger partial charge in [-0.05, 0) is 74.8 Å². The largest absolute Gasteiger partial charge is 0.452 e. The molecule has 0 aliphatic carbocycles. The van der Waals surface area contributed by atoms with Gasteiger partial charge in [0.2, 0.25) is 0 Å². The number of aromatic nitrogens is 2. The molecule has 0 aliphatic rings. The highest BCUT2D eigenvalue weighted by atomic mass is 32.1. The van der Waals surface area contributed by atoms with E-state index in [4.69, 9.17) is 26.7 Å². The molecule has 0 saturated heterocycles. The SMILES string of the molecule is [2H]c1c([2H])c([2H])c(-c2c([2H])c([2H])c(-c3nc(-c4cc5ccc(-c6ccc7ccccc7c6)cc5c5sc6ccccc6c45)nc4c3oc3c([2H])c([2H])c([2H])c([2H])c34)c([2H])c2[2H])c([2H])c1[2H]. The van der Waals surface area contributed by atoms with Crippen molar-refractivity contribution in [2.75, 3.05) is 0 Å². The molecule has 0 amide bonds. The first-order chi connectivity index (χ1) is 31.2. The summed E-state index contributed by atoms with van der Waals surface area (Å²) in [4.78, 5) is 9.95. The molecular formula is C48H28N2OS. The zero-order valence-corrected chi connectivity index (χ0v) is 27.7. The monoisotopic (exact) mass is 693 g/mol. The number of para-hydroxylation sites is 1. The van der Waals surface area contributed by atoms with Gasteiger partial charge in [0.15, 0.2) is 11.4 Å². The van der Waals surface area contributed by atoms with E-state index in [1.807, 2.05) is 54.6 Å². The lowest BCUT2D eigenvalue weighted by Gasteiger charge is -2.12. The molecule has 0 unspecified atom stereocenters. The zero-order valence-electron chi connectivity index (χ0n) is 39.9. The maximum absolute atomic E-state index is 9.37. The molecule has 242 valence electrons. The van der Waals surface area contributed by atoms with Crippen LogP contribution in [0.4, 0.5) is 0 Å². The van der Waals surface area contributed by atoms with E-state index in [-0.39, 0.29) is 39.2 Å². The molecule has 4 heteroatoms. The lowest BCUT2D eigenvalue weighted by Crippen LogP contribution is -1.95. The molecule has 3 aromatic heterocycles. The van der Waals surface area contributed by atoms with Gasteiger partial charge in [0.1, 0.15) is 16.8 Å². The van der Waals surface area contributed by atoms with Crippen molar-refractivity contribution in [1.82, 2.24) is 9.97 Å². The van der Waals surface area contributed by atoms with Crippen molar-refractivity contribution in [3.8, 4) is 44.9 Å². The Morgan fingerprint density at radius 1 is 0.519 bits per heavy atom. The maximum Gasteiger partial charge on any atom is 0.180 e. The second-order valence-corrected chi connectivity index (χ2v) is 13.4. The highest BCUT2D eigenvalue weighted by molar-refractivity contribution is 7.26. The van der Waals surface area contributed by atoms with Gasteiger partial charge in [0, 0.05) is 42.1 Å². The van der Waals surface area contributed by atoms with E-state index >= 15 is 0 Å². The second kappa shape index (κ2) is 11.5. The number of hydrogen-bond donors (Lipinski definition) is 0. The molecule has 3 nitrogen and oxygen atoms in total. The van der Waals surface area contributed by atoms with Crippen LogP contribution in [0.3, 0.4) is 0 Å². The summed E-state index contributed by atoms with van der Waals surface area (Å²) in [5.41, 5.74) is 0.376. The van der Waals surface area contributed by atoms with Crippen LogP contribution < -0.4 is 0 Å². The number of rotatable bonds is 4. The van der Waals surface area contributed by atoms with E-state index in [0.717, 1.165) is 52.8 Å². The smallest absolute Gasteiger partial charge is 0.180 e. The van der Waals surface area contributed by atoms with Crippen LogP contribution in [0.5, 0.6) is 0 Å². The van der Waals surface area contributed by atoms with Crippen molar-refractivity contribution in [1.29, 1.82) is 0 Å². The van der Waals surface area contributed by atoms with Gasteiger partial charge in [-0.15, -0.1) is 11.3 Å². The van der Waals surface area contributed by atoms with Crippen LogP contribution in [0.15, 0.2) is 174 Å². The molecule has 0 N–H and O–H groups in total. The van der Waals surface area contributed by atoms with E-state index < -0.39 is 89.7 Å². The molecule has 52 heavy (non-hydrogen) atoms. The number of fused-ring (bicyclic) bond motifs is 9. The molecule has 0 radical (unpaired) electrons.